The molecule has 5 nitrogen and oxygen atoms in total. The Labute approximate surface area is 118 Å². The monoisotopic (exact) mass is 273 g/mol. The third-order valence-electron chi connectivity index (χ3n) is 3.70. The van der Waals surface area contributed by atoms with E-state index in [1.807, 2.05) is 13.1 Å². The summed E-state index contributed by atoms with van der Waals surface area (Å²) in [6.07, 6.45) is 0. The quantitative estimate of drug-likeness (QED) is 0.673. The minimum Gasteiger partial charge on any atom is -0.352 e. The maximum atomic E-state index is 10.9. The number of nitrogens with one attached hydrogen (secondary N) is 1. The predicted octanol–water partition coefficient (Wildman–Crippen LogP) is 2.84. The normalized spacial score (nSPS) is 10.8. The second-order valence-corrected chi connectivity index (χ2v) is 4.94. The molecular formula is C15H19N3O2. The molecule has 0 aliphatic carbocycles. The molecule has 1 N–H and O–H groups in total. The highest BCUT2D eigenvalue weighted by Crippen LogP contribution is 2.18. The van der Waals surface area contributed by atoms with Gasteiger partial charge in [-0.25, -0.2) is 0 Å². The smallest absolute Gasteiger partial charge is 0.273 e. The maximum absolute atomic E-state index is 10.9. The van der Waals surface area contributed by atoms with Crippen LogP contribution in [0.1, 0.15) is 22.5 Å². The van der Waals surface area contributed by atoms with Crippen LogP contribution in [-0.4, -0.2) is 9.49 Å². The summed E-state index contributed by atoms with van der Waals surface area (Å²) >= 11 is 0. The Kier molecular flexibility index (Phi) is 4.20. The summed E-state index contributed by atoms with van der Waals surface area (Å²) in [5.74, 6) is 0. The van der Waals surface area contributed by atoms with Crippen molar-refractivity contribution in [3.8, 4) is 0 Å². The van der Waals surface area contributed by atoms with Gasteiger partial charge in [-0.3, -0.25) is 10.1 Å². The van der Waals surface area contributed by atoms with Gasteiger partial charge in [0.2, 0.25) is 0 Å². The number of aryl methyl sites for hydroxylation is 1. The van der Waals surface area contributed by atoms with Gasteiger partial charge in [-0.05, 0) is 25.5 Å². The summed E-state index contributed by atoms with van der Waals surface area (Å²) in [6.45, 7) is 5.34. The summed E-state index contributed by atoms with van der Waals surface area (Å²) in [4.78, 5) is 10.6. The lowest BCUT2D eigenvalue weighted by Crippen LogP contribution is -2.14. The molecular weight excluding hydrogens is 254 g/mol. The number of hydrogen-bond acceptors (Lipinski definition) is 3. The van der Waals surface area contributed by atoms with Crippen molar-refractivity contribution in [2.75, 3.05) is 0 Å². The summed E-state index contributed by atoms with van der Waals surface area (Å²) in [5, 5.41) is 14.2. The standard InChI is InChI=1S/C15H19N3O2/c1-11-8-14(12(2)17(11)3)10-16-9-13-6-4-5-7-15(13)18(19)20/h4-8,16H,9-10H2,1-3H3. The van der Waals surface area contributed by atoms with Crippen LogP contribution in [0.2, 0.25) is 0 Å². The topological polar surface area (TPSA) is 60.1 Å². The minimum atomic E-state index is -0.338. The summed E-state index contributed by atoms with van der Waals surface area (Å²) < 4.78 is 2.14. The van der Waals surface area contributed by atoms with Crippen LogP contribution in [0.25, 0.3) is 0 Å². The van der Waals surface area contributed by atoms with E-state index >= 15 is 0 Å². The van der Waals surface area contributed by atoms with E-state index in [-0.39, 0.29) is 10.6 Å². The Hall–Kier alpha value is -2.14. The fraction of sp³-hybridized carbons (Fsp3) is 0.333. The first kappa shape index (κ1) is 14.3. The van der Waals surface area contributed by atoms with Crippen LogP contribution in [-0.2, 0) is 20.1 Å². The number of hydrogen-bond donors (Lipinski definition) is 1. The number of aromatic nitrogens is 1. The van der Waals surface area contributed by atoms with Crippen molar-refractivity contribution in [3.05, 3.63) is 63.0 Å². The van der Waals surface area contributed by atoms with Gasteiger partial charge in [-0.2, -0.15) is 0 Å². The van der Waals surface area contributed by atoms with Crippen molar-refractivity contribution in [1.82, 2.24) is 9.88 Å². The SMILES string of the molecule is Cc1cc(CNCc2ccccc2[N+](=O)[O-])c(C)n1C. The number of benzene rings is 1. The van der Waals surface area contributed by atoms with E-state index < -0.39 is 0 Å². The largest absolute Gasteiger partial charge is 0.352 e. The molecule has 0 bridgehead atoms. The van der Waals surface area contributed by atoms with E-state index in [0.29, 0.717) is 18.7 Å². The second kappa shape index (κ2) is 5.88. The second-order valence-electron chi connectivity index (χ2n) is 4.94. The van der Waals surface area contributed by atoms with Crippen LogP contribution in [0.3, 0.4) is 0 Å². The molecule has 2 aromatic rings. The zero-order valence-electron chi connectivity index (χ0n) is 12.0. The van der Waals surface area contributed by atoms with Gasteiger partial charge < -0.3 is 9.88 Å². The van der Waals surface area contributed by atoms with Crippen LogP contribution >= 0.6 is 0 Å². The fourth-order valence-corrected chi connectivity index (χ4v) is 2.28. The summed E-state index contributed by atoms with van der Waals surface area (Å²) in [7, 11) is 2.04. The van der Waals surface area contributed by atoms with Crippen LogP contribution in [0.5, 0.6) is 0 Å². The first-order valence-corrected chi connectivity index (χ1v) is 6.55. The van der Waals surface area contributed by atoms with Gasteiger partial charge in [0.05, 0.1) is 4.92 Å². The Morgan fingerprint density at radius 2 is 1.85 bits per heavy atom. The van der Waals surface area contributed by atoms with Crippen molar-refractivity contribution < 1.29 is 4.92 Å². The first-order valence-electron chi connectivity index (χ1n) is 6.55. The zero-order chi connectivity index (χ0) is 14.7. The predicted molar refractivity (Wildman–Crippen MR) is 78.5 cm³/mol. The van der Waals surface area contributed by atoms with Gasteiger partial charge in [0, 0.05) is 43.2 Å². The van der Waals surface area contributed by atoms with Crippen molar-refractivity contribution in [3.63, 3.8) is 0 Å². The van der Waals surface area contributed by atoms with Gasteiger partial charge in [-0.1, -0.05) is 18.2 Å². The van der Waals surface area contributed by atoms with Gasteiger partial charge in [0.1, 0.15) is 0 Å². The molecule has 20 heavy (non-hydrogen) atoms. The molecule has 0 aliphatic heterocycles. The van der Waals surface area contributed by atoms with Gasteiger partial charge in [0.15, 0.2) is 0 Å². The lowest BCUT2D eigenvalue weighted by molar-refractivity contribution is -0.385. The molecule has 0 amide bonds. The van der Waals surface area contributed by atoms with Crippen LogP contribution in [0, 0.1) is 24.0 Å². The molecule has 2 rings (SSSR count). The molecule has 0 unspecified atom stereocenters. The molecule has 106 valence electrons. The van der Waals surface area contributed by atoms with Crippen LogP contribution in [0.4, 0.5) is 5.69 Å². The highest BCUT2D eigenvalue weighted by molar-refractivity contribution is 5.39. The molecule has 0 atom stereocenters. The lowest BCUT2D eigenvalue weighted by atomic mass is 10.1. The molecule has 1 aromatic heterocycles. The van der Waals surface area contributed by atoms with E-state index in [9.17, 15) is 10.1 Å². The van der Waals surface area contributed by atoms with Gasteiger partial charge in [0.25, 0.3) is 5.69 Å². The Morgan fingerprint density at radius 1 is 1.20 bits per heavy atom. The first-order chi connectivity index (χ1) is 9.50. The van der Waals surface area contributed by atoms with Crippen molar-refractivity contribution in [2.45, 2.75) is 26.9 Å². The number of nitro groups is 1. The molecule has 0 spiro atoms. The third-order valence-corrected chi connectivity index (χ3v) is 3.70. The Morgan fingerprint density at radius 3 is 2.45 bits per heavy atom. The molecule has 0 fully saturated rings. The van der Waals surface area contributed by atoms with Crippen molar-refractivity contribution in [2.24, 2.45) is 7.05 Å². The van der Waals surface area contributed by atoms with Crippen LogP contribution in [0.15, 0.2) is 30.3 Å². The van der Waals surface area contributed by atoms with Gasteiger partial charge >= 0.3 is 0 Å². The lowest BCUT2D eigenvalue weighted by Gasteiger charge is -2.06. The molecule has 0 radical (unpaired) electrons. The highest BCUT2D eigenvalue weighted by atomic mass is 16.6. The van der Waals surface area contributed by atoms with Gasteiger partial charge in [-0.15, -0.1) is 0 Å². The van der Waals surface area contributed by atoms with Crippen molar-refractivity contribution in [1.29, 1.82) is 0 Å². The maximum Gasteiger partial charge on any atom is 0.273 e. The van der Waals surface area contributed by atoms with Crippen LogP contribution < -0.4 is 5.32 Å². The van der Waals surface area contributed by atoms with Crippen molar-refractivity contribution >= 4 is 5.69 Å². The fourth-order valence-electron chi connectivity index (χ4n) is 2.28. The zero-order valence-corrected chi connectivity index (χ0v) is 12.0. The molecule has 5 heteroatoms. The summed E-state index contributed by atoms with van der Waals surface area (Å²) in [5.41, 5.74) is 4.54. The van der Waals surface area contributed by atoms with E-state index in [1.54, 1.807) is 12.1 Å². The van der Waals surface area contributed by atoms with E-state index in [1.165, 1.54) is 23.0 Å². The average Bonchev–Trinajstić information content (AvgIpc) is 2.67. The molecule has 0 saturated heterocycles. The molecule has 0 saturated carbocycles. The van der Waals surface area contributed by atoms with E-state index in [2.05, 4.69) is 29.8 Å². The van der Waals surface area contributed by atoms with E-state index in [0.717, 1.165) is 0 Å². The number of nitrogens with zero attached hydrogens (tertiary/aromatic N) is 2. The number of nitro benzene ring substituents is 1. The molecule has 1 heterocycles. The average molecular weight is 273 g/mol. The number of rotatable bonds is 5. The third kappa shape index (κ3) is 2.88. The molecule has 0 aliphatic rings. The summed E-state index contributed by atoms with van der Waals surface area (Å²) in [6, 6.07) is 8.97. The Bertz CT molecular complexity index is 632. The molecule has 1 aromatic carbocycles. The Balaban J connectivity index is 2.03. The van der Waals surface area contributed by atoms with E-state index in [4.69, 9.17) is 0 Å². The number of para-hydroxylation sites is 1. The highest BCUT2D eigenvalue weighted by Gasteiger charge is 2.12. The minimum absolute atomic E-state index is 0.168.